The van der Waals surface area contributed by atoms with Crippen LogP contribution in [0.2, 0.25) is 0 Å². The van der Waals surface area contributed by atoms with E-state index in [2.05, 4.69) is 108 Å². The molecule has 0 unspecified atom stereocenters. The van der Waals surface area contributed by atoms with E-state index in [1.165, 1.54) is 50.6 Å². The highest BCUT2D eigenvalue weighted by Gasteiger charge is 2.16. The molecular formula is C30H37N7. The molecule has 7 nitrogen and oxygen atoms in total. The number of hydrogen-bond acceptors (Lipinski definition) is 4. The third kappa shape index (κ3) is 5.24. The second-order valence-corrected chi connectivity index (χ2v) is 10.6. The van der Waals surface area contributed by atoms with Gasteiger partial charge in [-0.1, -0.05) is 18.7 Å². The summed E-state index contributed by atoms with van der Waals surface area (Å²) in [7, 11) is 8.52. The molecule has 5 rings (SSSR count). The first-order valence-corrected chi connectivity index (χ1v) is 12.9. The van der Waals surface area contributed by atoms with Crippen LogP contribution in [0.15, 0.2) is 55.8 Å². The van der Waals surface area contributed by atoms with Crippen LogP contribution < -0.4 is 0 Å². The van der Waals surface area contributed by atoms with Crippen molar-refractivity contribution >= 4 is 27.5 Å². The van der Waals surface area contributed by atoms with Gasteiger partial charge in [-0.05, 0) is 88.4 Å². The highest BCUT2D eigenvalue weighted by atomic mass is 15.3. The Hall–Kier alpha value is -3.68. The van der Waals surface area contributed by atoms with Gasteiger partial charge in [0.2, 0.25) is 0 Å². The molecule has 0 saturated heterocycles. The quantitative estimate of drug-likeness (QED) is 0.290. The molecule has 0 atom stereocenters. The third-order valence-electron chi connectivity index (χ3n) is 7.17. The van der Waals surface area contributed by atoms with E-state index in [0.717, 1.165) is 49.1 Å². The Kier molecular flexibility index (Phi) is 7.00. The van der Waals surface area contributed by atoms with Crippen LogP contribution in [0.1, 0.15) is 33.5 Å². The van der Waals surface area contributed by atoms with Crippen molar-refractivity contribution in [2.45, 2.75) is 26.2 Å². The molecule has 0 saturated carbocycles. The van der Waals surface area contributed by atoms with Gasteiger partial charge in [-0.2, -0.15) is 5.10 Å². The third-order valence-corrected chi connectivity index (χ3v) is 7.17. The number of nitrogens with one attached hydrogen (secondary N) is 2. The Morgan fingerprint density at radius 1 is 1.00 bits per heavy atom. The van der Waals surface area contributed by atoms with Crippen LogP contribution in [0, 0.1) is 6.92 Å². The molecule has 2 N–H and O–H groups in total. The number of aromatic nitrogens is 5. The predicted octanol–water partition coefficient (Wildman–Crippen LogP) is 4.87. The Bertz CT molecular complexity index is 1530. The van der Waals surface area contributed by atoms with E-state index in [0.29, 0.717) is 0 Å². The van der Waals surface area contributed by atoms with Crippen molar-refractivity contribution in [1.29, 1.82) is 0 Å². The van der Waals surface area contributed by atoms with Gasteiger partial charge < -0.3 is 19.8 Å². The van der Waals surface area contributed by atoms with Crippen LogP contribution in [0.5, 0.6) is 0 Å². The molecule has 0 fully saturated rings. The van der Waals surface area contributed by atoms with E-state index in [-0.39, 0.29) is 0 Å². The maximum absolute atomic E-state index is 4.26. The van der Waals surface area contributed by atoms with E-state index in [4.69, 9.17) is 0 Å². The largest absolute Gasteiger partial charge is 0.361 e. The zero-order valence-corrected chi connectivity index (χ0v) is 22.6. The smallest absolute Gasteiger partial charge is 0.138 e. The van der Waals surface area contributed by atoms with Gasteiger partial charge in [-0.25, -0.2) is 9.67 Å². The van der Waals surface area contributed by atoms with Crippen molar-refractivity contribution in [1.82, 2.24) is 34.5 Å². The minimum Gasteiger partial charge on any atom is -0.361 e. The number of hydrogen-bond donors (Lipinski definition) is 2. The summed E-state index contributed by atoms with van der Waals surface area (Å²) in [5, 5.41) is 6.85. The van der Waals surface area contributed by atoms with E-state index in [1.54, 1.807) is 11.0 Å². The molecule has 0 aliphatic carbocycles. The topological polar surface area (TPSA) is 68.8 Å². The number of benzene rings is 2. The van der Waals surface area contributed by atoms with Crippen molar-refractivity contribution in [3.8, 4) is 0 Å². The normalized spacial score (nSPS) is 12.0. The summed E-state index contributed by atoms with van der Waals surface area (Å²) >= 11 is 0. The first-order valence-electron chi connectivity index (χ1n) is 12.9. The fraction of sp³-hybridized carbons (Fsp3) is 0.333. The summed E-state index contributed by atoms with van der Waals surface area (Å²) in [5.41, 5.74) is 10.9. The second-order valence-electron chi connectivity index (χ2n) is 10.6. The van der Waals surface area contributed by atoms with Crippen LogP contribution in [-0.4, -0.2) is 75.8 Å². The molecule has 0 bridgehead atoms. The molecule has 0 aliphatic rings. The Morgan fingerprint density at radius 3 is 2.51 bits per heavy atom. The van der Waals surface area contributed by atoms with Crippen molar-refractivity contribution in [2.75, 3.05) is 41.3 Å². The minimum atomic E-state index is 0.819. The number of rotatable bonds is 10. The standard InChI is InChI=1S/C30H37N7/c1-20-13-22(14-26-24(9-11-35(3)4)17-32-30(20)26)15-29-25(10-12-36(5)6)27-16-23(7-8-28(27)34-29)21(2)37-19-31-18-33-37/h7-8,13-14,16-19,32,34H,2,9-12,15H2,1,3-6H3. The fourth-order valence-corrected chi connectivity index (χ4v) is 5.14. The lowest BCUT2D eigenvalue weighted by Crippen LogP contribution is -2.15. The lowest BCUT2D eigenvalue weighted by atomic mass is 9.97. The number of likely N-dealkylation sites (N-methyl/N-ethyl adjacent to an activating group) is 2. The van der Waals surface area contributed by atoms with Gasteiger partial charge in [-0.3, -0.25) is 0 Å². The summed E-state index contributed by atoms with van der Waals surface area (Å²) < 4.78 is 1.72. The average molecular weight is 496 g/mol. The molecule has 192 valence electrons. The maximum Gasteiger partial charge on any atom is 0.138 e. The summed E-state index contributed by atoms with van der Waals surface area (Å²) in [5.74, 6) is 0. The molecule has 0 spiro atoms. The van der Waals surface area contributed by atoms with Crippen molar-refractivity contribution < 1.29 is 0 Å². The van der Waals surface area contributed by atoms with Gasteiger partial charge in [0.1, 0.15) is 12.7 Å². The fourth-order valence-electron chi connectivity index (χ4n) is 5.14. The highest BCUT2D eigenvalue weighted by Crippen LogP contribution is 2.30. The van der Waals surface area contributed by atoms with Gasteiger partial charge in [0.15, 0.2) is 0 Å². The first-order chi connectivity index (χ1) is 17.8. The van der Waals surface area contributed by atoms with E-state index < -0.39 is 0 Å². The number of H-pyrrole nitrogens is 2. The second kappa shape index (κ2) is 10.4. The first kappa shape index (κ1) is 25.0. The Morgan fingerprint density at radius 2 is 1.78 bits per heavy atom. The van der Waals surface area contributed by atoms with Crippen molar-refractivity contribution in [2.24, 2.45) is 0 Å². The maximum atomic E-state index is 4.26. The van der Waals surface area contributed by atoms with Crippen molar-refractivity contribution in [3.63, 3.8) is 0 Å². The molecule has 7 heteroatoms. The predicted molar refractivity (Wildman–Crippen MR) is 153 cm³/mol. The van der Waals surface area contributed by atoms with Gasteiger partial charge in [-0.15, -0.1) is 0 Å². The summed E-state index contributed by atoms with van der Waals surface area (Å²) in [4.78, 5) is 15.8. The lowest BCUT2D eigenvalue weighted by molar-refractivity contribution is 0.414. The SMILES string of the molecule is C=C(c1ccc2[nH]c(Cc3cc(C)c4[nH]cc(CCN(C)C)c4c3)c(CCN(C)C)c2c1)n1cncn1. The molecular weight excluding hydrogens is 458 g/mol. The van der Waals surface area contributed by atoms with Crippen LogP contribution in [-0.2, 0) is 19.3 Å². The number of fused-ring (bicyclic) bond motifs is 2. The molecule has 37 heavy (non-hydrogen) atoms. The van der Waals surface area contributed by atoms with Gasteiger partial charge in [0.25, 0.3) is 0 Å². The average Bonchev–Trinajstić information content (AvgIpc) is 3.60. The molecule has 0 aliphatic heterocycles. The Balaban J connectivity index is 1.53. The zero-order chi connectivity index (χ0) is 26.1. The van der Waals surface area contributed by atoms with Crippen LogP contribution >= 0.6 is 0 Å². The molecule has 0 radical (unpaired) electrons. The van der Waals surface area contributed by atoms with Gasteiger partial charge in [0.05, 0.1) is 5.70 Å². The number of aryl methyl sites for hydroxylation is 1. The van der Waals surface area contributed by atoms with Gasteiger partial charge in [0, 0.05) is 58.8 Å². The number of nitrogens with zero attached hydrogens (tertiary/aromatic N) is 5. The number of aromatic amines is 2. The van der Waals surface area contributed by atoms with E-state index >= 15 is 0 Å². The zero-order valence-electron chi connectivity index (χ0n) is 22.6. The van der Waals surface area contributed by atoms with Crippen LogP contribution in [0.4, 0.5) is 0 Å². The van der Waals surface area contributed by atoms with Gasteiger partial charge >= 0.3 is 0 Å². The highest BCUT2D eigenvalue weighted by molar-refractivity contribution is 5.89. The van der Waals surface area contributed by atoms with E-state index in [1.807, 2.05) is 0 Å². The monoisotopic (exact) mass is 495 g/mol. The van der Waals surface area contributed by atoms with E-state index in [9.17, 15) is 0 Å². The summed E-state index contributed by atoms with van der Waals surface area (Å²) in [6, 6.07) is 11.2. The molecule has 5 aromatic rings. The van der Waals surface area contributed by atoms with Crippen molar-refractivity contribution in [3.05, 3.63) is 89.3 Å². The molecule has 2 aromatic carbocycles. The van der Waals surface area contributed by atoms with Crippen LogP contribution in [0.3, 0.4) is 0 Å². The molecule has 3 aromatic heterocycles. The molecule has 3 heterocycles. The summed E-state index contributed by atoms with van der Waals surface area (Å²) in [6.07, 6.45) is 8.28. The minimum absolute atomic E-state index is 0.819. The molecule has 0 amide bonds. The Labute approximate surface area is 218 Å². The van der Waals surface area contributed by atoms with Crippen LogP contribution in [0.25, 0.3) is 27.5 Å². The lowest BCUT2D eigenvalue weighted by Gasteiger charge is -2.12. The summed E-state index contributed by atoms with van der Waals surface area (Å²) in [6.45, 7) is 8.48.